The van der Waals surface area contributed by atoms with E-state index in [0.29, 0.717) is 12.1 Å². The monoisotopic (exact) mass is 400 g/mol. The Morgan fingerprint density at radius 3 is 2.77 bits per heavy atom. The summed E-state index contributed by atoms with van der Waals surface area (Å²) in [6.07, 6.45) is 8.19. The van der Waals surface area contributed by atoms with Gasteiger partial charge in [-0.25, -0.2) is 0 Å². The van der Waals surface area contributed by atoms with E-state index in [9.17, 15) is 13.2 Å². The lowest BCUT2D eigenvalue weighted by atomic mass is 9.83. The van der Waals surface area contributed by atoms with Crippen molar-refractivity contribution < 1.29 is 17.4 Å². The molecule has 4 N–H and O–H groups in total. The summed E-state index contributed by atoms with van der Waals surface area (Å²) >= 11 is 6.53. The van der Waals surface area contributed by atoms with Gasteiger partial charge < -0.3 is 11.5 Å². The topological polar surface area (TPSA) is 128 Å². The standard InChI is InChI=1S/C16H21ClN4O4S/c1-26(23,24)25-11-2-3-13(17)12-7-10(15(22)20-16(18)19)6-9-4-5-21(8-11)14(9)12/h2-3,6-7,9,11,13-14H,4-5,8H2,1H3,(H4,18,19,20,22). The highest BCUT2D eigenvalue weighted by atomic mass is 35.5. The second-order valence-electron chi connectivity index (χ2n) is 6.63. The molecule has 4 unspecified atom stereocenters. The third-order valence-corrected chi connectivity index (χ3v) is 5.60. The van der Waals surface area contributed by atoms with Gasteiger partial charge in [0.05, 0.1) is 11.6 Å². The Morgan fingerprint density at radius 1 is 1.38 bits per heavy atom. The lowest BCUT2D eigenvalue weighted by Crippen LogP contribution is -2.44. The predicted octanol–water partition coefficient (Wildman–Crippen LogP) is -0.135. The van der Waals surface area contributed by atoms with Gasteiger partial charge >= 0.3 is 0 Å². The van der Waals surface area contributed by atoms with E-state index in [2.05, 4.69) is 9.89 Å². The van der Waals surface area contributed by atoms with Crippen LogP contribution >= 0.6 is 11.6 Å². The molecule has 3 rings (SSSR count). The average molecular weight is 401 g/mol. The second-order valence-corrected chi connectivity index (χ2v) is 8.70. The van der Waals surface area contributed by atoms with E-state index in [1.807, 2.05) is 6.08 Å². The first-order valence-corrected chi connectivity index (χ1v) is 10.4. The van der Waals surface area contributed by atoms with Crippen LogP contribution in [0.3, 0.4) is 0 Å². The minimum absolute atomic E-state index is 0.0103. The van der Waals surface area contributed by atoms with Crippen molar-refractivity contribution in [3.8, 4) is 0 Å². The zero-order valence-electron chi connectivity index (χ0n) is 14.2. The number of nitrogens with zero attached hydrogens (tertiary/aromatic N) is 2. The van der Waals surface area contributed by atoms with Gasteiger partial charge in [0, 0.05) is 18.2 Å². The number of guanidine groups is 1. The number of allylic oxidation sites excluding steroid dienone is 1. The number of amides is 1. The molecule has 142 valence electrons. The molecule has 3 aliphatic rings. The fourth-order valence-electron chi connectivity index (χ4n) is 3.73. The van der Waals surface area contributed by atoms with Gasteiger partial charge in [0.2, 0.25) is 0 Å². The van der Waals surface area contributed by atoms with Gasteiger partial charge in [-0.15, -0.1) is 11.6 Å². The quantitative estimate of drug-likeness (QED) is 0.222. The van der Waals surface area contributed by atoms with E-state index >= 15 is 0 Å². The van der Waals surface area contributed by atoms with Crippen LogP contribution in [-0.2, 0) is 19.1 Å². The maximum absolute atomic E-state index is 12.2. The van der Waals surface area contributed by atoms with Gasteiger partial charge in [0.15, 0.2) is 5.96 Å². The molecule has 2 aliphatic heterocycles. The second kappa shape index (κ2) is 7.15. The molecule has 4 atom stereocenters. The summed E-state index contributed by atoms with van der Waals surface area (Å²) < 4.78 is 28.1. The summed E-state index contributed by atoms with van der Waals surface area (Å²) in [5, 5.41) is -0.496. The maximum Gasteiger partial charge on any atom is 0.279 e. The molecule has 10 heteroatoms. The van der Waals surface area contributed by atoms with Crippen molar-refractivity contribution in [2.75, 3.05) is 19.3 Å². The number of nitrogens with two attached hydrogens (primary N) is 2. The number of carbonyl (C=O) groups is 1. The zero-order chi connectivity index (χ0) is 19.1. The number of hydrogen-bond donors (Lipinski definition) is 2. The van der Waals surface area contributed by atoms with E-state index in [-0.39, 0.29) is 17.9 Å². The van der Waals surface area contributed by atoms with Gasteiger partial charge in [0.25, 0.3) is 16.0 Å². The summed E-state index contributed by atoms with van der Waals surface area (Å²) in [6.45, 7) is 1.17. The molecular weight excluding hydrogens is 380 g/mol. The first-order valence-electron chi connectivity index (χ1n) is 8.16. The minimum Gasteiger partial charge on any atom is -0.370 e. The van der Waals surface area contributed by atoms with Crippen LogP contribution in [0.15, 0.2) is 40.4 Å². The Hall–Kier alpha value is -1.68. The van der Waals surface area contributed by atoms with Crippen molar-refractivity contribution in [3.05, 3.63) is 35.5 Å². The van der Waals surface area contributed by atoms with Gasteiger partial charge in [-0.3, -0.25) is 13.9 Å². The number of alkyl halides is 1. The number of rotatable bonds is 3. The fourth-order valence-corrected chi connectivity index (χ4v) is 4.58. The fraction of sp³-hybridized carbons (Fsp3) is 0.500. The van der Waals surface area contributed by atoms with E-state index in [4.69, 9.17) is 27.3 Å². The molecule has 1 saturated heterocycles. The number of carbonyl (C=O) groups excluding carboxylic acids is 1. The van der Waals surface area contributed by atoms with Crippen LogP contribution in [0.2, 0.25) is 0 Å². The Kier molecular flexibility index (Phi) is 5.25. The van der Waals surface area contributed by atoms with Gasteiger partial charge in [0.1, 0.15) is 6.10 Å². The van der Waals surface area contributed by atoms with Gasteiger partial charge in [-0.1, -0.05) is 18.2 Å². The van der Waals surface area contributed by atoms with Crippen LogP contribution in [0.1, 0.15) is 6.42 Å². The number of aliphatic imine (C=N–C) groups is 1. The predicted molar refractivity (Wildman–Crippen MR) is 98.9 cm³/mol. The SMILES string of the molecule is CS(=O)(=O)OC1C=CC(Cl)C2=CC(C(=O)N=C(N)N)=CC3CCN(C1)C23. The molecule has 8 nitrogen and oxygen atoms in total. The van der Waals surface area contributed by atoms with Crippen LogP contribution in [0.4, 0.5) is 0 Å². The summed E-state index contributed by atoms with van der Waals surface area (Å²) in [5.41, 5.74) is 11.9. The van der Waals surface area contributed by atoms with Crippen LogP contribution in [0.25, 0.3) is 0 Å². The summed E-state index contributed by atoms with van der Waals surface area (Å²) in [6, 6.07) is -0.0103. The molecule has 1 aliphatic carbocycles. The van der Waals surface area contributed by atoms with Crippen LogP contribution in [0, 0.1) is 5.92 Å². The molecule has 0 aromatic heterocycles. The van der Waals surface area contributed by atoms with Crippen molar-refractivity contribution >= 4 is 33.6 Å². The Morgan fingerprint density at radius 2 is 2.12 bits per heavy atom. The first-order chi connectivity index (χ1) is 12.1. The van der Waals surface area contributed by atoms with E-state index in [1.54, 1.807) is 18.2 Å². The number of halogens is 1. The van der Waals surface area contributed by atoms with Crippen LogP contribution < -0.4 is 11.5 Å². The normalized spacial score (nSPS) is 31.3. The molecule has 1 fully saturated rings. The Bertz CT molecular complexity index is 829. The van der Waals surface area contributed by atoms with Crippen molar-refractivity contribution in [2.24, 2.45) is 22.4 Å². The lowest BCUT2D eigenvalue weighted by molar-refractivity contribution is -0.114. The Balaban J connectivity index is 1.93. The summed E-state index contributed by atoms with van der Waals surface area (Å²) in [5.74, 6) is -0.706. The molecule has 1 amide bonds. The highest BCUT2D eigenvalue weighted by Crippen LogP contribution is 2.39. The molecule has 0 aromatic carbocycles. The molecule has 2 heterocycles. The summed E-state index contributed by atoms with van der Waals surface area (Å²) in [7, 11) is -3.58. The van der Waals surface area contributed by atoms with Crippen molar-refractivity contribution in [1.29, 1.82) is 0 Å². The number of hydrogen-bond acceptors (Lipinski definition) is 5. The largest absolute Gasteiger partial charge is 0.370 e. The van der Waals surface area contributed by atoms with E-state index in [0.717, 1.165) is 24.8 Å². The van der Waals surface area contributed by atoms with Crippen molar-refractivity contribution in [2.45, 2.75) is 23.9 Å². The van der Waals surface area contributed by atoms with Crippen molar-refractivity contribution in [1.82, 2.24) is 4.90 Å². The van der Waals surface area contributed by atoms with Gasteiger partial charge in [-0.05, 0) is 30.5 Å². The third-order valence-electron chi connectivity index (χ3n) is 4.61. The van der Waals surface area contributed by atoms with E-state index in [1.165, 1.54) is 0 Å². The third kappa shape index (κ3) is 4.17. The van der Waals surface area contributed by atoms with Crippen LogP contribution in [-0.4, -0.2) is 62.1 Å². The summed E-state index contributed by atoms with van der Waals surface area (Å²) in [4.78, 5) is 17.9. The lowest BCUT2D eigenvalue weighted by Gasteiger charge is -2.36. The van der Waals surface area contributed by atoms with E-state index < -0.39 is 27.5 Å². The molecule has 0 radical (unpaired) electrons. The minimum atomic E-state index is -3.58. The molecule has 0 saturated carbocycles. The molecule has 26 heavy (non-hydrogen) atoms. The van der Waals surface area contributed by atoms with Crippen molar-refractivity contribution in [3.63, 3.8) is 0 Å². The van der Waals surface area contributed by atoms with Crippen LogP contribution in [0.5, 0.6) is 0 Å². The highest BCUT2D eigenvalue weighted by Gasteiger charge is 2.42. The molecule has 0 aromatic rings. The maximum atomic E-state index is 12.2. The smallest absolute Gasteiger partial charge is 0.279 e. The zero-order valence-corrected chi connectivity index (χ0v) is 15.8. The average Bonchev–Trinajstić information content (AvgIpc) is 2.91. The highest BCUT2D eigenvalue weighted by molar-refractivity contribution is 7.86. The molecule has 0 spiro atoms. The Labute approximate surface area is 157 Å². The van der Waals surface area contributed by atoms with Gasteiger partial charge in [-0.2, -0.15) is 13.4 Å². The molecule has 0 bridgehead atoms. The molecular formula is C16H21ClN4O4S. The first kappa shape index (κ1) is 19.1.